The average molecular weight is 597 g/mol. The molecule has 46 heavy (non-hydrogen) atoms. The number of benzene rings is 5. The van der Waals surface area contributed by atoms with Gasteiger partial charge < -0.3 is 0 Å². The minimum Gasteiger partial charge on any atom is -0.248 e. The monoisotopic (exact) mass is 596 g/mol. The molecule has 0 N–H and O–H groups in total. The first-order valence-corrected chi connectivity index (χ1v) is 16.2. The Kier molecular flexibility index (Phi) is 7.32. The molecule has 0 aliphatic carbocycles. The van der Waals surface area contributed by atoms with Gasteiger partial charge in [-0.15, -0.1) is 0 Å². The molecule has 0 saturated carbocycles. The molecular formula is C44H40N2. The van der Waals surface area contributed by atoms with E-state index in [-0.39, 0.29) is 10.8 Å². The summed E-state index contributed by atoms with van der Waals surface area (Å²) in [5, 5.41) is 2.20. The van der Waals surface area contributed by atoms with Crippen LogP contribution in [-0.2, 0) is 10.8 Å². The predicted octanol–water partition coefficient (Wildman–Crippen LogP) is 12.0. The number of pyridine rings is 2. The summed E-state index contributed by atoms with van der Waals surface area (Å²) in [6, 6.07) is 48.0. The zero-order valence-corrected chi connectivity index (χ0v) is 27.6. The highest BCUT2D eigenvalue weighted by Crippen LogP contribution is 2.39. The Labute approximate surface area is 272 Å². The summed E-state index contributed by atoms with van der Waals surface area (Å²) >= 11 is 0. The van der Waals surface area contributed by atoms with Crippen LogP contribution in [0.2, 0.25) is 0 Å². The molecule has 0 amide bonds. The first-order chi connectivity index (χ1) is 22.0. The van der Waals surface area contributed by atoms with Crippen molar-refractivity contribution < 1.29 is 0 Å². The molecule has 0 unspecified atom stereocenters. The van der Waals surface area contributed by atoms with Crippen LogP contribution >= 0.6 is 0 Å². The van der Waals surface area contributed by atoms with Gasteiger partial charge in [-0.05, 0) is 68.5 Å². The van der Waals surface area contributed by atoms with Gasteiger partial charge in [0.05, 0.1) is 22.4 Å². The maximum atomic E-state index is 5.29. The second kappa shape index (κ2) is 11.4. The Morgan fingerprint density at radius 2 is 0.717 bits per heavy atom. The molecule has 226 valence electrons. The molecule has 0 saturated heterocycles. The van der Waals surface area contributed by atoms with Gasteiger partial charge in [-0.2, -0.15) is 0 Å². The molecule has 0 radical (unpaired) electrons. The molecule has 0 aliphatic rings. The lowest BCUT2D eigenvalue weighted by Gasteiger charge is -2.19. The highest BCUT2D eigenvalue weighted by molar-refractivity contribution is 6.08. The van der Waals surface area contributed by atoms with Crippen LogP contribution in [-0.4, -0.2) is 9.97 Å². The number of hydrogen-bond acceptors (Lipinski definition) is 2. The van der Waals surface area contributed by atoms with Gasteiger partial charge in [0, 0.05) is 21.9 Å². The topological polar surface area (TPSA) is 25.8 Å². The second-order valence-corrected chi connectivity index (χ2v) is 14.4. The molecule has 7 rings (SSSR count). The fourth-order valence-corrected chi connectivity index (χ4v) is 6.24. The standard InChI is InChI=1S/C44H40N2/c1-43(2,3)33-21-17-31(18-22-33)39-25-35(29-13-9-7-10-14-29)37-28-42-38(27-41(37)45-39)36(30-15-11-8-12-16-30)26-40(46-42)32-19-23-34(24-20-32)44(4,5)6/h7-28H,1-6H3. The van der Waals surface area contributed by atoms with E-state index in [1.807, 2.05) is 0 Å². The van der Waals surface area contributed by atoms with Gasteiger partial charge in [-0.25, -0.2) is 9.97 Å². The average Bonchev–Trinajstić information content (AvgIpc) is 3.06. The third kappa shape index (κ3) is 5.72. The van der Waals surface area contributed by atoms with Gasteiger partial charge in [-0.1, -0.05) is 151 Å². The fourth-order valence-electron chi connectivity index (χ4n) is 6.24. The Morgan fingerprint density at radius 1 is 0.370 bits per heavy atom. The van der Waals surface area contributed by atoms with Crippen molar-refractivity contribution in [2.75, 3.05) is 0 Å². The van der Waals surface area contributed by atoms with E-state index in [1.54, 1.807) is 0 Å². The Morgan fingerprint density at radius 3 is 1.04 bits per heavy atom. The molecule has 0 aliphatic heterocycles. The molecule has 5 aromatic carbocycles. The summed E-state index contributed by atoms with van der Waals surface area (Å²) < 4.78 is 0. The molecule has 2 heteroatoms. The summed E-state index contributed by atoms with van der Waals surface area (Å²) in [7, 11) is 0. The van der Waals surface area contributed by atoms with Gasteiger partial charge in [0.1, 0.15) is 0 Å². The minimum absolute atomic E-state index is 0.0950. The lowest BCUT2D eigenvalue weighted by atomic mass is 9.86. The molecule has 2 nitrogen and oxygen atoms in total. The molecule has 0 bridgehead atoms. The molecule has 0 spiro atoms. The largest absolute Gasteiger partial charge is 0.248 e. The third-order valence-electron chi connectivity index (χ3n) is 9.00. The second-order valence-electron chi connectivity index (χ2n) is 14.4. The Balaban J connectivity index is 1.48. The summed E-state index contributed by atoms with van der Waals surface area (Å²) in [4.78, 5) is 10.6. The van der Waals surface area contributed by atoms with E-state index < -0.39 is 0 Å². The maximum Gasteiger partial charge on any atom is 0.0723 e. The van der Waals surface area contributed by atoms with Gasteiger partial charge in [-0.3, -0.25) is 0 Å². The first kappa shape index (κ1) is 29.6. The summed E-state index contributed by atoms with van der Waals surface area (Å²) in [6.45, 7) is 13.5. The molecule has 0 fully saturated rings. The highest BCUT2D eigenvalue weighted by Gasteiger charge is 2.18. The number of rotatable bonds is 4. The lowest BCUT2D eigenvalue weighted by Crippen LogP contribution is -2.10. The zero-order chi connectivity index (χ0) is 32.1. The van der Waals surface area contributed by atoms with Crippen molar-refractivity contribution in [2.45, 2.75) is 52.4 Å². The van der Waals surface area contributed by atoms with Crippen molar-refractivity contribution in [3.05, 3.63) is 145 Å². The van der Waals surface area contributed by atoms with Crippen LogP contribution in [0.5, 0.6) is 0 Å². The van der Waals surface area contributed by atoms with Crippen molar-refractivity contribution in [3.63, 3.8) is 0 Å². The summed E-state index contributed by atoms with van der Waals surface area (Å²) in [6.07, 6.45) is 0. The summed E-state index contributed by atoms with van der Waals surface area (Å²) in [5.74, 6) is 0. The highest BCUT2D eigenvalue weighted by atomic mass is 14.7. The van der Waals surface area contributed by atoms with Crippen LogP contribution in [0.15, 0.2) is 133 Å². The van der Waals surface area contributed by atoms with Crippen molar-refractivity contribution in [1.29, 1.82) is 0 Å². The Hall–Kier alpha value is -5.08. The molecule has 2 heterocycles. The van der Waals surface area contributed by atoms with Gasteiger partial charge in [0.15, 0.2) is 0 Å². The molecule has 2 aromatic heterocycles. The number of nitrogens with zero attached hydrogens (tertiary/aromatic N) is 2. The van der Waals surface area contributed by atoms with Gasteiger partial charge >= 0.3 is 0 Å². The van der Waals surface area contributed by atoms with E-state index >= 15 is 0 Å². The molecule has 7 aromatic rings. The maximum absolute atomic E-state index is 5.29. The molecular weight excluding hydrogens is 556 g/mol. The van der Waals surface area contributed by atoms with Crippen LogP contribution in [0.3, 0.4) is 0 Å². The van der Waals surface area contributed by atoms with Crippen LogP contribution < -0.4 is 0 Å². The quantitative estimate of drug-likeness (QED) is 0.189. The fraction of sp³-hybridized carbons (Fsp3) is 0.182. The summed E-state index contributed by atoms with van der Waals surface area (Å²) in [5.41, 5.74) is 13.6. The van der Waals surface area contributed by atoms with Crippen LogP contribution in [0.4, 0.5) is 0 Å². The normalized spacial score (nSPS) is 12.1. The number of aromatic nitrogens is 2. The van der Waals surface area contributed by atoms with Crippen molar-refractivity contribution in [2.24, 2.45) is 0 Å². The number of hydrogen-bond donors (Lipinski definition) is 0. The van der Waals surface area contributed by atoms with Crippen LogP contribution in [0, 0.1) is 0 Å². The van der Waals surface area contributed by atoms with Gasteiger partial charge in [0.25, 0.3) is 0 Å². The van der Waals surface area contributed by atoms with E-state index in [2.05, 4.69) is 175 Å². The smallest absolute Gasteiger partial charge is 0.0723 e. The van der Waals surface area contributed by atoms with Crippen LogP contribution in [0.25, 0.3) is 66.6 Å². The zero-order valence-electron chi connectivity index (χ0n) is 27.6. The van der Waals surface area contributed by atoms with E-state index in [1.165, 1.54) is 22.3 Å². The predicted molar refractivity (Wildman–Crippen MR) is 196 cm³/mol. The lowest BCUT2D eigenvalue weighted by molar-refractivity contribution is 0.590. The van der Waals surface area contributed by atoms with Gasteiger partial charge in [0.2, 0.25) is 0 Å². The first-order valence-electron chi connectivity index (χ1n) is 16.2. The van der Waals surface area contributed by atoms with Crippen molar-refractivity contribution in [1.82, 2.24) is 9.97 Å². The number of fused-ring (bicyclic) bond motifs is 2. The van der Waals surface area contributed by atoms with Crippen molar-refractivity contribution in [3.8, 4) is 44.8 Å². The van der Waals surface area contributed by atoms with E-state index in [0.29, 0.717) is 0 Å². The van der Waals surface area contributed by atoms with E-state index in [4.69, 9.17) is 9.97 Å². The van der Waals surface area contributed by atoms with E-state index in [9.17, 15) is 0 Å². The molecule has 0 atom stereocenters. The third-order valence-corrected chi connectivity index (χ3v) is 9.00. The van der Waals surface area contributed by atoms with E-state index in [0.717, 1.165) is 55.4 Å². The SMILES string of the molecule is CC(C)(C)c1ccc(-c2cc(-c3ccccc3)c3cc4nc(-c5ccc(C(C)(C)C)cc5)cc(-c5ccccc5)c4cc3n2)cc1. The van der Waals surface area contributed by atoms with Crippen LogP contribution in [0.1, 0.15) is 52.7 Å². The minimum atomic E-state index is 0.0950. The van der Waals surface area contributed by atoms with Crippen molar-refractivity contribution >= 4 is 21.8 Å². The Bertz CT molecular complexity index is 2000.